The van der Waals surface area contributed by atoms with Crippen molar-refractivity contribution >= 4 is 223 Å². The summed E-state index contributed by atoms with van der Waals surface area (Å²) in [5.41, 5.74) is 14.4. The fraction of sp³-hybridized carbons (Fsp3) is 0.0220. The molecule has 0 amide bonds. The third kappa shape index (κ3) is 35.1. The molecule has 0 radical (unpaired) electrons. The summed E-state index contributed by atoms with van der Waals surface area (Å²) in [6.07, 6.45) is 8.52. The van der Waals surface area contributed by atoms with Crippen molar-refractivity contribution in [2.75, 3.05) is 0 Å². The molecule has 15 aromatic carbocycles. The molecule has 116 heavy (non-hydrogen) atoms. The molecule has 0 aliphatic rings. The minimum atomic E-state index is 0.125. The average Bonchev–Trinajstić information content (AvgIpc) is 0.690. The van der Waals surface area contributed by atoms with Gasteiger partial charge < -0.3 is 25.5 Å². The minimum absolute atomic E-state index is 0.125. The Morgan fingerprint density at radius 3 is 0.931 bits per heavy atom. The number of halogens is 10. The molecule has 5 N–H and O–H groups in total. The van der Waals surface area contributed by atoms with Gasteiger partial charge >= 0.3 is 206 Å². The topological polar surface area (TPSA) is 163 Å². The van der Waals surface area contributed by atoms with Crippen LogP contribution in [0, 0.1) is 13.8 Å². The number of rotatable bonds is 12. The maximum absolute atomic E-state index is 10.6. The zero-order valence-electron chi connectivity index (χ0n) is 62.0. The van der Waals surface area contributed by atoms with Gasteiger partial charge in [-0.15, -0.1) is 0 Å². The van der Waals surface area contributed by atoms with E-state index in [1.165, 1.54) is 0 Å². The van der Waals surface area contributed by atoms with Crippen molar-refractivity contribution < 1.29 is 100 Å². The van der Waals surface area contributed by atoms with Crippen molar-refractivity contribution in [3.8, 4) is 51.0 Å². The summed E-state index contributed by atoms with van der Waals surface area (Å²) >= 11 is 32.5. The van der Waals surface area contributed by atoms with Crippen LogP contribution in [0.1, 0.15) is 38.9 Å². The van der Waals surface area contributed by atoms with Gasteiger partial charge in [0.25, 0.3) is 0 Å². The second kappa shape index (κ2) is 59.5. The average molecular weight is 2350 g/mol. The first-order valence-corrected chi connectivity index (χ1v) is 73.4. The summed E-state index contributed by atoms with van der Waals surface area (Å²) in [6, 6.07) is 111. The van der Waals surface area contributed by atoms with Gasteiger partial charge in [0.1, 0.15) is 28.7 Å². The molecule has 0 spiro atoms. The van der Waals surface area contributed by atoms with Crippen LogP contribution in [0.3, 0.4) is 0 Å². The van der Waals surface area contributed by atoms with E-state index in [2.05, 4.69) is 205 Å². The van der Waals surface area contributed by atoms with Gasteiger partial charge in [-0.25, -0.2) is 0 Å². The molecule has 0 unspecified atom stereocenters. The van der Waals surface area contributed by atoms with Crippen molar-refractivity contribution in [1.82, 2.24) is 0 Å². The second-order valence-electron chi connectivity index (χ2n) is 23.6. The first-order chi connectivity index (χ1) is 56.6. The molecule has 10 nitrogen and oxygen atoms in total. The van der Waals surface area contributed by atoms with E-state index >= 15 is 0 Å². The normalized spacial score (nSPS) is 10.2. The zero-order valence-corrected chi connectivity index (χ0v) is 85.7. The summed E-state index contributed by atoms with van der Waals surface area (Å²) in [5.74, 6) is 1.23. The first-order valence-electron chi connectivity index (χ1n) is 34.8. The molecule has 0 aliphatic heterocycles. The quantitative estimate of drug-likeness (QED) is 0.0607. The molecule has 582 valence electrons. The van der Waals surface area contributed by atoms with Crippen molar-refractivity contribution in [2.24, 2.45) is 25.0 Å². The fourth-order valence-corrected chi connectivity index (χ4v) is 10.9. The molecule has 0 atom stereocenters. The van der Waals surface area contributed by atoms with Gasteiger partial charge in [0.05, 0.1) is 28.4 Å². The molecular formula is C91H73Br10N5O5Ti5. The predicted molar refractivity (Wildman–Crippen MR) is 511 cm³/mol. The molecule has 0 aromatic heterocycles. The predicted octanol–water partition coefficient (Wildman–Crippen LogP) is 31.6. The Morgan fingerprint density at radius 2 is 0.500 bits per heavy atom. The number of phenolic OH excluding ortho intramolecular Hbond substituents is 5. The Balaban J connectivity index is 0.000000217. The van der Waals surface area contributed by atoms with E-state index in [9.17, 15) is 25.5 Å². The van der Waals surface area contributed by atoms with Crippen molar-refractivity contribution in [3.05, 3.63) is 385 Å². The Labute approximate surface area is 786 Å². The van der Waals surface area contributed by atoms with Gasteiger partial charge in [-0.1, -0.05) is 267 Å². The molecule has 0 fully saturated rings. The molecule has 0 heterocycles. The number of aryl methyl sites for hydroxylation is 2. The SMILES string of the molecule is Cc1ccccc1N=Cc1ccccc1O.Cc1ccccc1N=Cc1ccccc1O.Oc1c(C=Nc2cccc3ccccc23)cccc1-c1ccccc1.Oc1ccc2ccccc2c1C=Nc1cccc2ccccc12.Oc1ccccc1C=Nc1ccccc1-c1ccccc1.[Br][Ti][Br].[Br][Ti][Br].[Br][Ti][Br].[Br][Ti][Br].[Br][Ti][Br]. The summed E-state index contributed by atoms with van der Waals surface area (Å²) in [4.78, 5) is 22.5. The number of aliphatic imine (C=N–C) groups is 5. The Morgan fingerprint density at radius 1 is 0.224 bits per heavy atom. The maximum atomic E-state index is 10.6. The number of hydrogen-bond acceptors (Lipinski definition) is 10. The van der Waals surface area contributed by atoms with Gasteiger partial charge in [0.15, 0.2) is 0 Å². The van der Waals surface area contributed by atoms with E-state index in [4.69, 9.17) is 0 Å². The Bertz CT molecular complexity index is 5380. The standard InChI is InChI=1S/C23H17NO.C21H15NO.C19H15NO.2C14H13NO.10BrH.5Ti/c25-23-19(12-6-14-21(23)18-8-2-1-3-9-18)16-24-22-15-7-11-17-10-4-5-13-20(17)22;23-21-13-12-16-7-1-3-9-17(16)19(21)14-22-20-11-5-8-15-6-2-4-10-18(15)20;21-19-13-7-4-10-16(19)14-20-18-12-6-5-11-17(18)15-8-2-1-3-9-15;2*1-11-6-2-4-8-13(11)15-10-12-7-3-5-9-14(12)16;;;;;;;;;;;;;;;/h1-16,25H;1-14,23H;1-14,21H;2*2-10,16H,1H3;10*1H;;;;;/q;;;;;;;;;;;;;;;5*+2/p-10. The van der Waals surface area contributed by atoms with E-state index in [0.717, 1.165) is 111 Å². The van der Waals surface area contributed by atoms with E-state index in [1.54, 1.807) is 73.5 Å². The summed E-state index contributed by atoms with van der Waals surface area (Å²) in [7, 11) is 0. The fourth-order valence-electron chi connectivity index (χ4n) is 10.9. The molecule has 0 saturated carbocycles. The van der Waals surface area contributed by atoms with Gasteiger partial charge in [-0.3, -0.25) is 25.0 Å². The van der Waals surface area contributed by atoms with E-state index < -0.39 is 0 Å². The summed E-state index contributed by atoms with van der Waals surface area (Å²) in [5, 5.41) is 56.4. The van der Waals surface area contributed by atoms with Crippen LogP contribution >= 0.6 is 132 Å². The Kier molecular flexibility index (Phi) is 51.1. The second-order valence-corrected chi connectivity index (χ2v) is 63.0. The van der Waals surface area contributed by atoms with Crippen molar-refractivity contribution in [2.45, 2.75) is 13.8 Å². The number of para-hydroxylation sites is 7. The van der Waals surface area contributed by atoms with Crippen LogP contribution in [0.5, 0.6) is 28.7 Å². The number of fused-ring (bicyclic) bond motifs is 3. The number of benzene rings is 15. The molecule has 15 rings (SSSR count). The van der Waals surface area contributed by atoms with Gasteiger partial charge in [0, 0.05) is 80.8 Å². The van der Waals surface area contributed by atoms with E-state index in [-0.39, 0.29) is 104 Å². The van der Waals surface area contributed by atoms with Crippen LogP contribution in [0.4, 0.5) is 28.4 Å². The number of hydrogen-bond donors (Lipinski definition) is 5. The van der Waals surface area contributed by atoms with Gasteiger partial charge in [-0.05, 0) is 137 Å². The van der Waals surface area contributed by atoms with Crippen molar-refractivity contribution in [3.63, 3.8) is 0 Å². The van der Waals surface area contributed by atoms with Crippen LogP contribution in [0.15, 0.2) is 371 Å². The van der Waals surface area contributed by atoms with E-state index in [1.807, 2.05) is 269 Å². The molecule has 15 aromatic rings. The number of phenols is 5. The zero-order chi connectivity index (χ0) is 83.5. The van der Waals surface area contributed by atoms with Crippen LogP contribution in [0.2, 0.25) is 0 Å². The third-order valence-electron chi connectivity index (χ3n) is 16.4. The monoisotopic (exact) mass is 2340 g/mol. The summed E-state index contributed by atoms with van der Waals surface area (Å²) < 4.78 is 0. The van der Waals surface area contributed by atoms with Gasteiger partial charge in [-0.2, -0.15) is 0 Å². The van der Waals surface area contributed by atoms with Crippen LogP contribution < -0.4 is 0 Å². The molecular weight excluding hydrogens is 2280 g/mol. The van der Waals surface area contributed by atoms with Crippen LogP contribution in [-0.2, 0) is 74.8 Å². The Hall–Kier alpha value is -5.20. The number of aromatic hydroxyl groups is 5. The first kappa shape index (κ1) is 99.6. The van der Waals surface area contributed by atoms with E-state index in [0.29, 0.717) is 11.1 Å². The molecule has 0 aliphatic carbocycles. The van der Waals surface area contributed by atoms with Crippen LogP contribution in [0.25, 0.3) is 54.6 Å². The van der Waals surface area contributed by atoms with Gasteiger partial charge in [0.2, 0.25) is 0 Å². The number of nitrogens with zero attached hydrogens (tertiary/aromatic N) is 5. The third-order valence-corrected chi connectivity index (χ3v) is 16.4. The summed E-state index contributed by atoms with van der Waals surface area (Å²) in [6.45, 7) is 4.02. The van der Waals surface area contributed by atoms with Crippen LogP contribution in [-0.4, -0.2) is 56.6 Å². The molecule has 0 saturated heterocycles. The van der Waals surface area contributed by atoms with Crippen molar-refractivity contribution in [1.29, 1.82) is 0 Å². The molecule has 0 bridgehead atoms. The molecule has 25 heteroatoms.